The van der Waals surface area contributed by atoms with Crippen molar-refractivity contribution in [3.05, 3.63) is 12.2 Å². The molecule has 0 aliphatic rings. The number of allylic oxidation sites excluding steroid dienone is 1. The van der Waals surface area contributed by atoms with Crippen molar-refractivity contribution >= 4 is 0 Å². The van der Waals surface area contributed by atoms with Crippen LogP contribution in [0.25, 0.3) is 0 Å². The van der Waals surface area contributed by atoms with E-state index >= 15 is 0 Å². The monoisotopic (exact) mass is 174 g/mol. The smallest absolute Gasteiger partial charge is 0.297 e. The van der Waals surface area contributed by atoms with Gasteiger partial charge in [0.1, 0.15) is 0 Å². The summed E-state index contributed by atoms with van der Waals surface area (Å²) < 4.78 is 0. The highest BCUT2D eigenvalue weighted by molar-refractivity contribution is 4.87. The van der Waals surface area contributed by atoms with Crippen molar-refractivity contribution in [1.82, 2.24) is 0 Å². The summed E-state index contributed by atoms with van der Waals surface area (Å²) in [5.74, 6) is -2.63. The van der Waals surface area contributed by atoms with E-state index in [9.17, 15) is 0 Å². The van der Waals surface area contributed by atoms with Gasteiger partial charge in [-0.25, -0.2) is 0 Å². The van der Waals surface area contributed by atoms with Crippen LogP contribution in [0.2, 0.25) is 0 Å². The van der Waals surface area contributed by atoms with Gasteiger partial charge < -0.3 is 15.3 Å². The van der Waals surface area contributed by atoms with Crippen LogP contribution in [0.3, 0.4) is 0 Å². The molecule has 0 amide bonds. The van der Waals surface area contributed by atoms with Crippen LogP contribution in [0.15, 0.2) is 12.2 Å². The Labute approximate surface area is 73.4 Å². The van der Waals surface area contributed by atoms with Gasteiger partial charge in [-0.3, -0.25) is 0 Å². The van der Waals surface area contributed by atoms with Gasteiger partial charge in [0.25, 0.3) is 5.97 Å². The highest BCUT2D eigenvalue weighted by atomic mass is 16.7. The van der Waals surface area contributed by atoms with Crippen LogP contribution in [0.5, 0.6) is 0 Å². The Morgan fingerprint density at radius 1 is 1.08 bits per heavy atom. The highest BCUT2D eigenvalue weighted by Crippen LogP contribution is 2.04. The van der Waals surface area contributed by atoms with E-state index in [1.807, 2.05) is 0 Å². The Kier molecular flexibility index (Phi) is 5.98. The molecule has 0 aromatic heterocycles. The third-order valence-electron chi connectivity index (χ3n) is 1.57. The number of unbranched alkanes of at least 4 members (excludes halogenated alkanes) is 4. The molecule has 0 aromatic carbocycles. The van der Waals surface area contributed by atoms with Gasteiger partial charge in [-0.1, -0.05) is 32.3 Å². The molecule has 12 heavy (non-hydrogen) atoms. The van der Waals surface area contributed by atoms with Gasteiger partial charge in [-0.15, -0.1) is 0 Å². The van der Waals surface area contributed by atoms with Gasteiger partial charge in [-0.05, 0) is 18.9 Å². The predicted molar refractivity (Wildman–Crippen MR) is 47.3 cm³/mol. The third kappa shape index (κ3) is 9.62. The molecule has 3 heteroatoms. The Hall–Kier alpha value is -0.380. The van der Waals surface area contributed by atoms with Crippen molar-refractivity contribution in [2.24, 2.45) is 0 Å². The van der Waals surface area contributed by atoms with Gasteiger partial charge in [0, 0.05) is 0 Å². The molecule has 0 saturated heterocycles. The molecule has 0 aromatic rings. The molecule has 0 aliphatic heterocycles. The van der Waals surface area contributed by atoms with Crippen LogP contribution in [-0.2, 0) is 0 Å². The maximum Gasteiger partial charge on any atom is 0.297 e. The van der Waals surface area contributed by atoms with E-state index in [0.717, 1.165) is 25.3 Å². The van der Waals surface area contributed by atoms with Gasteiger partial charge >= 0.3 is 0 Å². The Bertz CT molecular complexity index is 124. The average molecular weight is 174 g/mol. The zero-order valence-corrected chi connectivity index (χ0v) is 7.53. The van der Waals surface area contributed by atoms with E-state index in [2.05, 4.69) is 6.92 Å². The summed E-state index contributed by atoms with van der Waals surface area (Å²) in [5, 5.41) is 25.3. The number of hydrogen-bond acceptors (Lipinski definition) is 3. The summed E-state index contributed by atoms with van der Waals surface area (Å²) in [6, 6.07) is 0. The van der Waals surface area contributed by atoms with Crippen LogP contribution >= 0.6 is 0 Å². The first-order chi connectivity index (χ1) is 5.56. The zero-order chi connectivity index (χ0) is 9.45. The second-order valence-electron chi connectivity index (χ2n) is 2.94. The van der Waals surface area contributed by atoms with Gasteiger partial charge in [-0.2, -0.15) is 0 Å². The lowest BCUT2D eigenvalue weighted by Gasteiger charge is -2.06. The molecular formula is C9H18O3. The molecule has 0 rings (SSSR count). The van der Waals surface area contributed by atoms with E-state index in [1.54, 1.807) is 6.08 Å². The van der Waals surface area contributed by atoms with E-state index in [4.69, 9.17) is 15.3 Å². The van der Waals surface area contributed by atoms with Crippen LogP contribution in [-0.4, -0.2) is 21.3 Å². The first-order valence-electron chi connectivity index (χ1n) is 4.41. The zero-order valence-electron chi connectivity index (χ0n) is 7.53. The predicted octanol–water partition coefficient (Wildman–Crippen LogP) is 1.14. The Balaban J connectivity index is 3.25. The quantitative estimate of drug-likeness (QED) is 0.321. The fraction of sp³-hybridized carbons (Fsp3) is 0.778. The molecule has 3 N–H and O–H groups in total. The van der Waals surface area contributed by atoms with Gasteiger partial charge in [0.05, 0.1) is 0 Å². The molecule has 0 aliphatic carbocycles. The van der Waals surface area contributed by atoms with Crippen LogP contribution in [0, 0.1) is 0 Å². The topological polar surface area (TPSA) is 60.7 Å². The minimum Gasteiger partial charge on any atom is -0.340 e. The molecular weight excluding hydrogens is 156 g/mol. The molecule has 0 radical (unpaired) electrons. The molecule has 0 atom stereocenters. The summed E-state index contributed by atoms with van der Waals surface area (Å²) in [4.78, 5) is 0. The van der Waals surface area contributed by atoms with E-state index in [-0.39, 0.29) is 0 Å². The summed E-state index contributed by atoms with van der Waals surface area (Å²) >= 11 is 0. The van der Waals surface area contributed by atoms with Crippen molar-refractivity contribution in [2.45, 2.75) is 45.0 Å². The first-order valence-corrected chi connectivity index (χ1v) is 4.41. The highest BCUT2D eigenvalue weighted by Gasteiger charge is 2.10. The van der Waals surface area contributed by atoms with Gasteiger partial charge in [0.15, 0.2) is 0 Å². The molecule has 0 spiro atoms. The fourth-order valence-corrected chi connectivity index (χ4v) is 0.930. The van der Waals surface area contributed by atoms with Crippen molar-refractivity contribution in [1.29, 1.82) is 0 Å². The van der Waals surface area contributed by atoms with Crippen molar-refractivity contribution in [2.75, 3.05) is 0 Å². The Morgan fingerprint density at radius 2 is 1.75 bits per heavy atom. The lowest BCUT2D eigenvalue weighted by molar-refractivity contribution is -0.273. The fourth-order valence-electron chi connectivity index (χ4n) is 0.930. The minimum atomic E-state index is -2.63. The van der Waals surface area contributed by atoms with E-state index in [1.165, 1.54) is 12.8 Å². The molecule has 0 bridgehead atoms. The van der Waals surface area contributed by atoms with E-state index < -0.39 is 5.97 Å². The maximum atomic E-state index is 8.44. The Morgan fingerprint density at radius 3 is 2.25 bits per heavy atom. The summed E-state index contributed by atoms with van der Waals surface area (Å²) in [6.07, 6.45) is 7.92. The normalized spacial score (nSPS) is 12.7. The van der Waals surface area contributed by atoms with Gasteiger partial charge in [0.2, 0.25) is 0 Å². The van der Waals surface area contributed by atoms with Crippen LogP contribution in [0.1, 0.15) is 39.0 Å². The first kappa shape index (κ1) is 11.6. The molecule has 72 valence electrons. The number of aliphatic hydroxyl groups is 3. The summed E-state index contributed by atoms with van der Waals surface area (Å²) in [6.45, 7) is 2.13. The summed E-state index contributed by atoms with van der Waals surface area (Å²) in [5.41, 5.74) is 0. The van der Waals surface area contributed by atoms with Crippen LogP contribution in [0.4, 0.5) is 0 Å². The third-order valence-corrected chi connectivity index (χ3v) is 1.57. The second-order valence-corrected chi connectivity index (χ2v) is 2.94. The lowest BCUT2D eigenvalue weighted by atomic mass is 10.1. The number of hydrogen-bond donors (Lipinski definition) is 3. The molecule has 0 saturated carbocycles. The lowest BCUT2D eigenvalue weighted by Crippen LogP contribution is -2.23. The van der Waals surface area contributed by atoms with Crippen LogP contribution < -0.4 is 0 Å². The number of rotatable bonds is 6. The molecule has 0 fully saturated rings. The van der Waals surface area contributed by atoms with Crippen molar-refractivity contribution in [3.8, 4) is 0 Å². The summed E-state index contributed by atoms with van der Waals surface area (Å²) in [7, 11) is 0. The van der Waals surface area contributed by atoms with Crippen molar-refractivity contribution < 1.29 is 15.3 Å². The maximum absolute atomic E-state index is 8.44. The average Bonchev–Trinajstić information content (AvgIpc) is 1.94. The van der Waals surface area contributed by atoms with E-state index in [0.29, 0.717) is 0 Å². The second kappa shape index (κ2) is 6.17. The molecule has 3 nitrogen and oxygen atoms in total. The minimum absolute atomic E-state index is 0.781. The largest absolute Gasteiger partial charge is 0.340 e. The SMILES string of the molecule is CCCCCCC=CC(O)(O)O. The standard InChI is InChI=1S/C9H18O3/c1-2-3-4-5-6-7-8-9(10,11)12/h7-8,10-12H,2-6H2,1H3. The molecule has 0 heterocycles. The van der Waals surface area contributed by atoms with Crippen molar-refractivity contribution in [3.63, 3.8) is 0 Å². The molecule has 0 unspecified atom stereocenters.